The number of nitrogens with zero attached hydrogens (tertiary/aromatic N) is 2. The maximum absolute atomic E-state index is 13.0. The van der Waals surface area contributed by atoms with Crippen LogP contribution in [0.5, 0.6) is 0 Å². The van der Waals surface area contributed by atoms with E-state index in [1.807, 2.05) is 32.0 Å². The number of benzene rings is 2. The lowest BCUT2D eigenvalue weighted by atomic mass is 10.1. The van der Waals surface area contributed by atoms with Crippen molar-refractivity contribution in [3.05, 3.63) is 59.4 Å². The van der Waals surface area contributed by atoms with Crippen molar-refractivity contribution < 1.29 is 14.0 Å². The van der Waals surface area contributed by atoms with Gasteiger partial charge in [0.2, 0.25) is 11.8 Å². The first kappa shape index (κ1) is 19.6. The van der Waals surface area contributed by atoms with Crippen LogP contribution < -0.4 is 5.32 Å². The fourth-order valence-corrected chi connectivity index (χ4v) is 4.44. The predicted octanol–water partition coefficient (Wildman–Crippen LogP) is 4.57. The van der Waals surface area contributed by atoms with Crippen molar-refractivity contribution in [3.63, 3.8) is 0 Å². The van der Waals surface area contributed by atoms with Crippen LogP contribution in [0.15, 0.2) is 47.5 Å². The first-order chi connectivity index (χ1) is 13.9. The molecule has 5 nitrogen and oxygen atoms in total. The zero-order valence-electron chi connectivity index (χ0n) is 16.3. The summed E-state index contributed by atoms with van der Waals surface area (Å²) in [6, 6.07) is 11.7. The minimum Gasteiger partial charge on any atom is -0.326 e. The zero-order valence-corrected chi connectivity index (χ0v) is 17.1. The fraction of sp³-hybridized carbons (Fsp3) is 0.318. The van der Waals surface area contributed by atoms with Crippen molar-refractivity contribution in [2.45, 2.75) is 44.4 Å². The standard InChI is InChI=1S/C22H22FN3O2S/c1-13-4-3-5-18(14(13)2)25-22-26(17-10-11-17)21(28)19(29-22)12-20(27)24-16-8-6-15(23)7-9-16/h3-9,17,19H,10-12H2,1-2H3,(H,24,27)/t19-/m0/s1. The molecule has 0 radical (unpaired) electrons. The Morgan fingerprint density at radius 2 is 1.93 bits per heavy atom. The Balaban J connectivity index is 1.51. The quantitative estimate of drug-likeness (QED) is 0.784. The third kappa shape index (κ3) is 4.34. The number of rotatable bonds is 5. The number of aryl methyl sites for hydroxylation is 1. The molecule has 1 atom stereocenters. The molecule has 1 saturated carbocycles. The van der Waals surface area contributed by atoms with Crippen molar-refractivity contribution >= 4 is 40.1 Å². The van der Waals surface area contributed by atoms with Crippen molar-refractivity contribution in [1.29, 1.82) is 0 Å². The molecule has 7 heteroatoms. The van der Waals surface area contributed by atoms with Gasteiger partial charge in [0.1, 0.15) is 11.1 Å². The van der Waals surface area contributed by atoms with E-state index in [-0.39, 0.29) is 30.1 Å². The van der Waals surface area contributed by atoms with Crippen molar-refractivity contribution in [2.75, 3.05) is 5.32 Å². The maximum atomic E-state index is 13.0. The Labute approximate surface area is 173 Å². The lowest BCUT2D eigenvalue weighted by Gasteiger charge is -2.15. The van der Waals surface area contributed by atoms with Crippen LogP contribution in [0.25, 0.3) is 0 Å². The topological polar surface area (TPSA) is 61.8 Å². The molecule has 150 valence electrons. The van der Waals surface area contributed by atoms with Crippen LogP contribution in [0, 0.1) is 19.7 Å². The highest BCUT2D eigenvalue weighted by Crippen LogP contribution is 2.40. The highest BCUT2D eigenvalue weighted by Gasteiger charge is 2.46. The lowest BCUT2D eigenvalue weighted by Crippen LogP contribution is -2.35. The molecular weight excluding hydrogens is 389 g/mol. The van der Waals surface area contributed by atoms with Gasteiger partial charge >= 0.3 is 0 Å². The van der Waals surface area contributed by atoms with E-state index in [0.717, 1.165) is 29.7 Å². The van der Waals surface area contributed by atoms with Gasteiger partial charge < -0.3 is 5.32 Å². The summed E-state index contributed by atoms with van der Waals surface area (Å²) in [6.07, 6.45) is 1.98. The maximum Gasteiger partial charge on any atom is 0.242 e. The summed E-state index contributed by atoms with van der Waals surface area (Å²) >= 11 is 1.35. The number of amidine groups is 1. The number of amides is 2. The number of hydrogen-bond acceptors (Lipinski definition) is 4. The van der Waals surface area contributed by atoms with E-state index in [4.69, 9.17) is 4.99 Å². The van der Waals surface area contributed by atoms with Gasteiger partial charge in [0.15, 0.2) is 5.17 Å². The Bertz CT molecular complexity index is 986. The van der Waals surface area contributed by atoms with Gasteiger partial charge in [0.05, 0.1) is 5.69 Å². The van der Waals surface area contributed by atoms with E-state index in [9.17, 15) is 14.0 Å². The Morgan fingerprint density at radius 1 is 1.21 bits per heavy atom. The fourth-order valence-electron chi connectivity index (χ4n) is 3.24. The van der Waals surface area contributed by atoms with Gasteiger partial charge in [-0.2, -0.15) is 0 Å². The molecule has 1 aliphatic carbocycles. The second-order valence-electron chi connectivity index (χ2n) is 7.42. The first-order valence-corrected chi connectivity index (χ1v) is 10.5. The molecule has 0 unspecified atom stereocenters. The molecule has 0 spiro atoms. The highest BCUT2D eigenvalue weighted by molar-refractivity contribution is 8.15. The average Bonchev–Trinajstić information content (AvgIpc) is 3.47. The van der Waals surface area contributed by atoms with Crippen molar-refractivity contribution in [1.82, 2.24) is 4.90 Å². The largest absolute Gasteiger partial charge is 0.326 e. The molecule has 1 N–H and O–H groups in total. The molecule has 1 saturated heterocycles. The van der Waals surface area contributed by atoms with Gasteiger partial charge in [-0.25, -0.2) is 9.38 Å². The van der Waals surface area contributed by atoms with E-state index >= 15 is 0 Å². The minimum atomic E-state index is -0.500. The predicted molar refractivity (Wildman–Crippen MR) is 114 cm³/mol. The number of carbonyl (C=O) groups is 2. The van der Waals surface area contributed by atoms with Gasteiger partial charge in [-0.3, -0.25) is 14.5 Å². The molecule has 2 amide bonds. The van der Waals surface area contributed by atoms with Gasteiger partial charge in [-0.05, 0) is 68.1 Å². The molecule has 4 rings (SSSR count). The Morgan fingerprint density at radius 3 is 2.62 bits per heavy atom. The first-order valence-electron chi connectivity index (χ1n) is 9.62. The molecule has 1 aliphatic heterocycles. The molecule has 1 heterocycles. The number of halogens is 1. The zero-order chi connectivity index (χ0) is 20.5. The third-order valence-corrected chi connectivity index (χ3v) is 6.32. The summed E-state index contributed by atoms with van der Waals surface area (Å²) in [5.74, 6) is -0.695. The van der Waals surface area contributed by atoms with Crippen molar-refractivity contribution in [2.24, 2.45) is 4.99 Å². The number of hydrogen-bond donors (Lipinski definition) is 1. The number of thioether (sulfide) groups is 1. The molecule has 2 aliphatic rings. The van der Waals surface area contributed by atoms with Crippen LogP contribution in [0.4, 0.5) is 15.8 Å². The molecule has 2 fully saturated rings. The van der Waals surface area contributed by atoms with Crippen LogP contribution in [0.3, 0.4) is 0 Å². The van der Waals surface area contributed by atoms with E-state index in [2.05, 4.69) is 5.32 Å². The summed E-state index contributed by atoms with van der Waals surface area (Å²) in [4.78, 5) is 31.9. The van der Waals surface area contributed by atoms with Gasteiger partial charge in [-0.15, -0.1) is 0 Å². The molecule has 0 aromatic heterocycles. The number of aliphatic imine (C=N–C) groups is 1. The summed E-state index contributed by atoms with van der Waals surface area (Å²) in [6.45, 7) is 4.05. The molecule has 0 bridgehead atoms. The summed E-state index contributed by atoms with van der Waals surface area (Å²) < 4.78 is 13.0. The van der Waals surface area contributed by atoms with Crippen LogP contribution in [-0.4, -0.2) is 33.2 Å². The average molecular weight is 412 g/mol. The van der Waals surface area contributed by atoms with Gasteiger partial charge in [0.25, 0.3) is 0 Å². The Kier molecular flexibility index (Phi) is 5.41. The smallest absolute Gasteiger partial charge is 0.242 e. The monoisotopic (exact) mass is 411 g/mol. The molecule has 2 aromatic carbocycles. The van der Waals surface area contributed by atoms with E-state index in [0.29, 0.717) is 10.9 Å². The summed E-state index contributed by atoms with van der Waals surface area (Å²) in [7, 11) is 0. The van der Waals surface area contributed by atoms with Gasteiger partial charge in [0, 0.05) is 18.2 Å². The number of anilines is 1. The minimum absolute atomic E-state index is 0.0515. The van der Waals surface area contributed by atoms with Crippen LogP contribution >= 0.6 is 11.8 Å². The SMILES string of the molecule is Cc1cccc(N=C2S[C@@H](CC(=O)Nc3ccc(F)cc3)C(=O)N2C2CC2)c1C. The van der Waals surface area contributed by atoms with E-state index in [1.165, 1.54) is 36.0 Å². The number of carbonyl (C=O) groups excluding carboxylic acids is 2. The van der Waals surface area contributed by atoms with Crippen LogP contribution in [0.2, 0.25) is 0 Å². The van der Waals surface area contributed by atoms with Crippen LogP contribution in [-0.2, 0) is 9.59 Å². The Hall–Kier alpha value is -2.67. The second kappa shape index (κ2) is 7.99. The van der Waals surface area contributed by atoms with Crippen molar-refractivity contribution in [3.8, 4) is 0 Å². The highest BCUT2D eigenvalue weighted by atomic mass is 32.2. The summed E-state index contributed by atoms with van der Waals surface area (Å²) in [5, 5.41) is 2.90. The summed E-state index contributed by atoms with van der Waals surface area (Å²) in [5.41, 5.74) is 3.59. The molecule has 2 aromatic rings. The van der Waals surface area contributed by atoms with E-state index in [1.54, 1.807) is 4.90 Å². The molecular formula is C22H22FN3O2S. The normalized spacial score (nSPS) is 20.4. The second-order valence-corrected chi connectivity index (χ2v) is 8.59. The third-order valence-electron chi connectivity index (χ3n) is 5.17. The number of nitrogens with one attached hydrogen (secondary N) is 1. The molecule has 29 heavy (non-hydrogen) atoms. The van der Waals surface area contributed by atoms with Crippen LogP contribution in [0.1, 0.15) is 30.4 Å². The lowest BCUT2D eigenvalue weighted by molar-refractivity contribution is -0.128. The van der Waals surface area contributed by atoms with Gasteiger partial charge in [-0.1, -0.05) is 23.9 Å². The van der Waals surface area contributed by atoms with E-state index < -0.39 is 5.25 Å².